The second kappa shape index (κ2) is 3.10. The maximum Gasteiger partial charge on any atom is 0.260 e. The van der Waals surface area contributed by atoms with Crippen molar-refractivity contribution in [2.45, 2.75) is 0 Å². The van der Waals surface area contributed by atoms with Gasteiger partial charge in [0.1, 0.15) is 0 Å². The van der Waals surface area contributed by atoms with E-state index in [1.807, 2.05) is 18.2 Å². The van der Waals surface area contributed by atoms with E-state index in [1.165, 1.54) is 10.9 Å². The van der Waals surface area contributed by atoms with E-state index < -0.39 is 0 Å². The Morgan fingerprint density at radius 1 is 1.46 bits per heavy atom. The van der Waals surface area contributed by atoms with Gasteiger partial charge in [-0.05, 0) is 40.8 Å². The first-order valence-corrected chi connectivity index (χ1v) is 4.87. The minimum atomic E-state index is 0.00326. The average Bonchev–Trinajstić information content (AvgIpc) is 2.12. The van der Waals surface area contributed by atoms with E-state index in [0.29, 0.717) is 5.39 Å². The van der Waals surface area contributed by atoms with Gasteiger partial charge in [0, 0.05) is 10.6 Å². The van der Waals surface area contributed by atoms with Gasteiger partial charge in [-0.25, -0.2) is 4.98 Å². The van der Waals surface area contributed by atoms with Crippen molar-refractivity contribution in [1.82, 2.24) is 9.55 Å². The summed E-state index contributed by atoms with van der Waals surface area (Å²) < 4.78 is 2.54. The van der Waals surface area contributed by atoms with E-state index in [9.17, 15) is 4.79 Å². The third-order valence-electron chi connectivity index (χ3n) is 1.88. The summed E-state index contributed by atoms with van der Waals surface area (Å²) in [6.45, 7) is 0. The van der Waals surface area contributed by atoms with Gasteiger partial charge in [0.15, 0.2) is 0 Å². The van der Waals surface area contributed by atoms with E-state index in [0.717, 1.165) is 9.09 Å². The van der Waals surface area contributed by atoms with Gasteiger partial charge in [0.25, 0.3) is 5.56 Å². The van der Waals surface area contributed by atoms with Crippen LogP contribution >= 0.6 is 22.6 Å². The molecule has 2 aromatic rings. The molecule has 13 heavy (non-hydrogen) atoms. The summed E-state index contributed by atoms with van der Waals surface area (Å²) in [6, 6.07) is 5.65. The number of hydrogen-bond donors (Lipinski definition) is 0. The zero-order valence-corrected chi connectivity index (χ0v) is 9.15. The van der Waals surface area contributed by atoms with Crippen LogP contribution in [0.2, 0.25) is 0 Å². The molecular formula is C9H7IN2O. The highest BCUT2D eigenvalue weighted by molar-refractivity contribution is 14.1. The zero-order chi connectivity index (χ0) is 9.42. The molecule has 0 radical (unpaired) electrons. The van der Waals surface area contributed by atoms with Crippen LogP contribution in [0.25, 0.3) is 10.9 Å². The van der Waals surface area contributed by atoms with Crippen LogP contribution in [0, 0.1) is 3.57 Å². The molecule has 1 heterocycles. The number of benzene rings is 1. The van der Waals surface area contributed by atoms with Gasteiger partial charge in [-0.3, -0.25) is 4.79 Å². The predicted octanol–water partition coefficient (Wildman–Crippen LogP) is 1.54. The molecule has 0 amide bonds. The molecule has 0 spiro atoms. The van der Waals surface area contributed by atoms with Gasteiger partial charge in [0.05, 0.1) is 17.2 Å². The highest BCUT2D eigenvalue weighted by atomic mass is 127. The Morgan fingerprint density at radius 3 is 3.00 bits per heavy atom. The Morgan fingerprint density at radius 2 is 2.23 bits per heavy atom. The molecule has 0 bridgehead atoms. The number of hydrogen-bond acceptors (Lipinski definition) is 2. The Bertz CT molecular complexity index is 513. The first-order chi connectivity index (χ1) is 6.18. The van der Waals surface area contributed by atoms with Crippen molar-refractivity contribution in [1.29, 1.82) is 0 Å². The molecule has 0 aliphatic carbocycles. The normalized spacial score (nSPS) is 10.6. The van der Waals surface area contributed by atoms with Gasteiger partial charge >= 0.3 is 0 Å². The topological polar surface area (TPSA) is 34.9 Å². The monoisotopic (exact) mass is 286 g/mol. The number of aryl methyl sites for hydroxylation is 1. The molecule has 0 N–H and O–H groups in total. The van der Waals surface area contributed by atoms with Crippen LogP contribution in [-0.4, -0.2) is 9.55 Å². The summed E-state index contributed by atoms with van der Waals surface area (Å²) in [5.41, 5.74) is 0.757. The summed E-state index contributed by atoms with van der Waals surface area (Å²) in [7, 11) is 1.70. The molecule has 1 aromatic carbocycles. The Balaban J connectivity index is 2.97. The third-order valence-corrected chi connectivity index (χ3v) is 2.55. The summed E-state index contributed by atoms with van der Waals surface area (Å²) in [6.07, 6.45) is 1.54. The number of aromatic nitrogens is 2. The van der Waals surface area contributed by atoms with Crippen LogP contribution in [0.1, 0.15) is 0 Å². The zero-order valence-electron chi connectivity index (χ0n) is 6.99. The lowest BCUT2D eigenvalue weighted by atomic mass is 10.2. The molecule has 1 aromatic heterocycles. The fraction of sp³-hybridized carbons (Fsp3) is 0.111. The van der Waals surface area contributed by atoms with Crippen molar-refractivity contribution in [3.8, 4) is 0 Å². The molecular weight excluding hydrogens is 279 g/mol. The summed E-state index contributed by atoms with van der Waals surface area (Å²) in [5, 5.41) is 0.678. The molecule has 2 rings (SSSR count). The summed E-state index contributed by atoms with van der Waals surface area (Å²) >= 11 is 2.18. The van der Waals surface area contributed by atoms with Crippen molar-refractivity contribution < 1.29 is 0 Å². The van der Waals surface area contributed by atoms with Crippen LogP contribution in [0.3, 0.4) is 0 Å². The molecule has 66 valence electrons. The molecule has 0 fully saturated rings. The molecule has 0 saturated carbocycles. The number of fused-ring (bicyclic) bond motifs is 1. The third kappa shape index (κ3) is 1.46. The highest BCUT2D eigenvalue weighted by Crippen LogP contribution is 2.11. The summed E-state index contributed by atoms with van der Waals surface area (Å²) in [4.78, 5) is 15.7. The molecule has 0 saturated heterocycles. The van der Waals surface area contributed by atoms with Crippen molar-refractivity contribution in [2.75, 3.05) is 0 Å². The lowest BCUT2D eigenvalue weighted by Crippen LogP contribution is -2.16. The molecule has 0 atom stereocenters. The van der Waals surface area contributed by atoms with E-state index in [4.69, 9.17) is 0 Å². The standard InChI is InChI=1S/C9H7IN2O/c1-12-5-11-8-3-2-6(10)4-7(8)9(12)13/h2-5H,1H3. The molecule has 4 heteroatoms. The van der Waals surface area contributed by atoms with Crippen LogP contribution in [0.4, 0.5) is 0 Å². The number of nitrogens with zero attached hydrogens (tertiary/aromatic N) is 2. The highest BCUT2D eigenvalue weighted by Gasteiger charge is 2.00. The van der Waals surface area contributed by atoms with E-state index in [-0.39, 0.29) is 5.56 Å². The van der Waals surface area contributed by atoms with Crippen molar-refractivity contribution in [3.05, 3.63) is 38.5 Å². The Kier molecular flexibility index (Phi) is 2.07. The fourth-order valence-corrected chi connectivity index (χ4v) is 1.67. The number of halogens is 1. The lowest BCUT2D eigenvalue weighted by Gasteiger charge is -1.99. The maximum atomic E-state index is 11.6. The van der Waals surface area contributed by atoms with Crippen molar-refractivity contribution in [3.63, 3.8) is 0 Å². The van der Waals surface area contributed by atoms with Gasteiger partial charge in [-0.1, -0.05) is 0 Å². The molecule has 0 aliphatic heterocycles. The van der Waals surface area contributed by atoms with E-state index in [1.54, 1.807) is 7.05 Å². The maximum absolute atomic E-state index is 11.6. The number of rotatable bonds is 0. The second-order valence-corrected chi connectivity index (χ2v) is 4.07. The van der Waals surface area contributed by atoms with Crippen LogP contribution in [-0.2, 0) is 7.05 Å². The fourth-order valence-electron chi connectivity index (χ4n) is 1.18. The average molecular weight is 286 g/mol. The quantitative estimate of drug-likeness (QED) is 0.689. The molecule has 3 nitrogen and oxygen atoms in total. The first kappa shape index (κ1) is 8.68. The van der Waals surface area contributed by atoms with Gasteiger partial charge in [-0.15, -0.1) is 0 Å². The van der Waals surface area contributed by atoms with Crippen LogP contribution in [0.15, 0.2) is 29.3 Å². The van der Waals surface area contributed by atoms with E-state index >= 15 is 0 Å². The van der Waals surface area contributed by atoms with Crippen LogP contribution in [0.5, 0.6) is 0 Å². The molecule has 0 aliphatic rings. The van der Waals surface area contributed by atoms with Gasteiger partial charge < -0.3 is 4.57 Å². The predicted molar refractivity (Wildman–Crippen MR) is 59.7 cm³/mol. The van der Waals surface area contributed by atoms with Crippen molar-refractivity contribution >= 4 is 33.5 Å². The molecule has 0 unspecified atom stereocenters. The minimum Gasteiger partial charge on any atom is -0.302 e. The Hall–Kier alpha value is -0.910. The van der Waals surface area contributed by atoms with E-state index in [2.05, 4.69) is 27.6 Å². The smallest absolute Gasteiger partial charge is 0.260 e. The van der Waals surface area contributed by atoms with Crippen molar-refractivity contribution in [2.24, 2.45) is 7.05 Å². The lowest BCUT2D eigenvalue weighted by molar-refractivity contribution is 0.843. The van der Waals surface area contributed by atoms with Gasteiger partial charge in [0.2, 0.25) is 0 Å². The SMILES string of the molecule is Cn1cnc2ccc(I)cc2c1=O. The minimum absolute atomic E-state index is 0.00326. The van der Waals surface area contributed by atoms with Crippen LogP contribution < -0.4 is 5.56 Å². The van der Waals surface area contributed by atoms with Gasteiger partial charge in [-0.2, -0.15) is 0 Å². The largest absolute Gasteiger partial charge is 0.302 e. The second-order valence-electron chi connectivity index (χ2n) is 2.82. The Labute approximate surface area is 88.6 Å². The summed E-state index contributed by atoms with van der Waals surface area (Å²) in [5.74, 6) is 0. The first-order valence-electron chi connectivity index (χ1n) is 3.79.